The first-order valence-electron chi connectivity index (χ1n) is 4.79. The van der Waals surface area contributed by atoms with Gasteiger partial charge in [-0.25, -0.2) is 0 Å². The predicted octanol–water partition coefficient (Wildman–Crippen LogP) is -0.861. The van der Waals surface area contributed by atoms with E-state index < -0.39 is 23.3 Å². The van der Waals surface area contributed by atoms with Gasteiger partial charge >= 0.3 is 0 Å². The van der Waals surface area contributed by atoms with Crippen LogP contribution in [0, 0.1) is 5.41 Å². The van der Waals surface area contributed by atoms with E-state index in [9.17, 15) is 9.59 Å². The lowest BCUT2D eigenvalue weighted by atomic mass is 9.90. The van der Waals surface area contributed by atoms with Gasteiger partial charge in [0.2, 0.25) is 11.8 Å². The van der Waals surface area contributed by atoms with Crippen molar-refractivity contribution >= 4 is 17.6 Å². The van der Waals surface area contributed by atoms with E-state index in [0.29, 0.717) is 0 Å². The molecular weight excluding hydrogens is 212 g/mol. The largest absolute Gasteiger partial charge is 0.409 e. The van der Waals surface area contributed by atoms with Gasteiger partial charge in [-0.15, -0.1) is 0 Å². The minimum Gasteiger partial charge on any atom is -0.409 e. The average Bonchev–Trinajstić information content (AvgIpc) is 2.14. The molecule has 16 heavy (non-hydrogen) atoms. The van der Waals surface area contributed by atoms with Crippen LogP contribution in [0.4, 0.5) is 0 Å². The fraction of sp³-hybridized carbons (Fsp3) is 0.667. The van der Waals surface area contributed by atoms with Crippen LogP contribution in [0.15, 0.2) is 5.16 Å². The van der Waals surface area contributed by atoms with Crippen LogP contribution in [0.5, 0.6) is 0 Å². The lowest BCUT2D eigenvalue weighted by Crippen LogP contribution is -2.49. The molecule has 0 aliphatic carbocycles. The number of nitrogens with zero attached hydrogens (tertiary/aromatic N) is 1. The molecular formula is C9H18N4O3. The lowest BCUT2D eigenvalue weighted by Gasteiger charge is -2.24. The van der Waals surface area contributed by atoms with Crippen LogP contribution in [-0.4, -0.2) is 28.9 Å². The topological polar surface area (TPSA) is 131 Å². The Morgan fingerprint density at radius 2 is 1.94 bits per heavy atom. The van der Waals surface area contributed by atoms with E-state index in [2.05, 4.69) is 10.5 Å². The first-order valence-corrected chi connectivity index (χ1v) is 4.79. The summed E-state index contributed by atoms with van der Waals surface area (Å²) in [6.07, 6.45) is 0.0397. The molecule has 7 nitrogen and oxygen atoms in total. The summed E-state index contributed by atoms with van der Waals surface area (Å²) >= 11 is 0. The quantitative estimate of drug-likeness (QED) is 0.212. The number of oxime groups is 1. The van der Waals surface area contributed by atoms with Crippen LogP contribution in [0.2, 0.25) is 0 Å². The molecule has 0 fully saturated rings. The van der Waals surface area contributed by atoms with Gasteiger partial charge in [0, 0.05) is 12.5 Å². The van der Waals surface area contributed by atoms with Gasteiger partial charge in [0.15, 0.2) is 5.84 Å². The standard InChI is InChI=1S/C9H18N4O3/c1-5(4-6(10)14)12-8(15)9(2,3)7(11)13-16/h5,16H,4H2,1-3H3,(H2,10,14)(H2,11,13)(H,12,15). The monoisotopic (exact) mass is 230 g/mol. The zero-order valence-electron chi connectivity index (χ0n) is 9.65. The summed E-state index contributed by atoms with van der Waals surface area (Å²) in [5, 5.41) is 13.9. The van der Waals surface area contributed by atoms with Crippen molar-refractivity contribution in [1.29, 1.82) is 0 Å². The number of carbonyl (C=O) groups excluding carboxylic acids is 2. The molecule has 0 bridgehead atoms. The van der Waals surface area contributed by atoms with Crippen molar-refractivity contribution in [2.75, 3.05) is 0 Å². The Kier molecular flexibility index (Phi) is 4.74. The highest BCUT2D eigenvalue weighted by atomic mass is 16.4. The highest BCUT2D eigenvalue weighted by Gasteiger charge is 2.33. The SMILES string of the molecule is CC(CC(N)=O)NC(=O)C(C)(C)C(N)=NO. The Morgan fingerprint density at radius 3 is 2.31 bits per heavy atom. The first-order chi connectivity index (χ1) is 7.21. The molecule has 1 atom stereocenters. The normalized spacial score (nSPS) is 14.3. The minimum atomic E-state index is -1.14. The van der Waals surface area contributed by atoms with E-state index in [1.807, 2.05) is 0 Å². The van der Waals surface area contributed by atoms with Crippen molar-refractivity contribution in [1.82, 2.24) is 5.32 Å². The zero-order valence-corrected chi connectivity index (χ0v) is 9.65. The van der Waals surface area contributed by atoms with Gasteiger partial charge in [0.05, 0.1) is 0 Å². The van der Waals surface area contributed by atoms with Gasteiger partial charge in [-0.05, 0) is 20.8 Å². The van der Waals surface area contributed by atoms with Crippen LogP contribution in [0.25, 0.3) is 0 Å². The van der Waals surface area contributed by atoms with Gasteiger partial charge in [-0.2, -0.15) is 0 Å². The Bertz CT molecular complexity index is 312. The van der Waals surface area contributed by atoms with Crippen molar-refractivity contribution in [3.8, 4) is 0 Å². The fourth-order valence-electron chi connectivity index (χ4n) is 0.998. The average molecular weight is 230 g/mol. The summed E-state index contributed by atoms with van der Waals surface area (Å²) in [5.74, 6) is -1.14. The van der Waals surface area contributed by atoms with Crippen LogP contribution in [0.3, 0.4) is 0 Å². The number of amides is 2. The second kappa shape index (κ2) is 5.34. The van der Waals surface area contributed by atoms with E-state index in [0.717, 1.165) is 0 Å². The van der Waals surface area contributed by atoms with Crippen molar-refractivity contribution in [3.63, 3.8) is 0 Å². The number of amidine groups is 1. The summed E-state index contributed by atoms with van der Waals surface area (Å²) in [6, 6.07) is -0.393. The molecule has 0 rings (SSSR count). The molecule has 0 saturated heterocycles. The van der Waals surface area contributed by atoms with Crippen LogP contribution in [0.1, 0.15) is 27.2 Å². The number of nitrogens with two attached hydrogens (primary N) is 2. The number of hydrogen-bond acceptors (Lipinski definition) is 4. The summed E-state index contributed by atoms with van der Waals surface area (Å²) in [4.78, 5) is 22.3. The first kappa shape index (κ1) is 14.2. The molecule has 1 unspecified atom stereocenters. The molecule has 0 aromatic heterocycles. The Hall–Kier alpha value is -1.79. The molecule has 2 amide bonds. The minimum absolute atomic E-state index is 0.0397. The third kappa shape index (κ3) is 3.76. The smallest absolute Gasteiger partial charge is 0.233 e. The van der Waals surface area contributed by atoms with Gasteiger partial charge in [-0.3, -0.25) is 9.59 Å². The third-order valence-corrected chi connectivity index (χ3v) is 2.20. The van der Waals surface area contributed by atoms with E-state index in [-0.39, 0.29) is 12.3 Å². The van der Waals surface area contributed by atoms with Gasteiger partial charge in [-0.1, -0.05) is 5.16 Å². The van der Waals surface area contributed by atoms with Crippen LogP contribution < -0.4 is 16.8 Å². The lowest BCUT2D eigenvalue weighted by molar-refractivity contribution is -0.127. The van der Waals surface area contributed by atoms with E-state index in [1.165, 1.54) is 13.8 Å². The molecule has 0 aromatic rings. The molecule has 7 heteroatoms. The van der Waals surface area contributed by atoms with E-state index in [4.69, 9.17) is 16.7 Å². The second-order valence-electron chi connectivity index (χ2n) is 4.16. The fourth-order valence-corrected chi connectivity index (χ4v) is 0.998. The number of rotatable bonds is 5. The molecule has 0 aliphatic rings. The maximum Gasteiger partial charge on any atom is 0.233 e. The van der Waals surface area contributed by atoms with Crippen LogP contribution in [-0.2, 0) is 9.59 Å². The predicted molar refractivity (Wildman–Crippen MR) is 58.6 cm³/mol. The zero-order chi connectivity index (χ0) is 12.9. The third-order valence-electron chi connectivity index (χ3n) is 2.20. The molecule has 0 aliphatic heterocycles. The van der Waals surface area contributed by atoms with E-state index in [1.54, 1.807) is 6.92 Å². The van der Waals surface area contributed by atoms with Crippen molar-refractivity contribution in [3.05, 3.63) is 0 Å². The summed E-state index contributed by atoms with van der Waals surface area (Å²) in [5.41, 5.74) is 9.22. The molecule has 0 aromatic carbocycles. The number of hydrogen-bond donors (Lipinski definition) is 4. The molecule has 0 spiro atoms. The Morgan fingerprint density at radius 1 is 1.44 bits per heavy atom. The Labute approximate surface area is 93.9 Å². The second-order valence-corrected chi connectivity index (χ2v) is 4.16. The van der Waals surface area contributed by atoms with Crippen molar-refractivity contribution < 1.29 is 14.8 Å². The van der Waals surface area contributed by atoms with Gasteiger partial charge in [0.1, 0.15) is 5.41 Å². The highest BCUT2D eigenvalue weighted by Crippen LogP contribution is 2.15. The maximum atomic E-state index is 11.7. The summed E-state index contributed by atoms with van der Waals surface area (Å²) in [6.45, 7) is 4.66. The molecule has 92 valence electrons. The molecule has 0 radical (unpaired) electrons. The molecule has 0 saturated carbocycles. The van der Waals surface area contributed by atoms with E-state index >= 15 is 0 Å². The van der Waals surface area contributed by atoms with Crippen molar-refractivity contribution in [2.45, 2.75) is 33.2 Å². The van der Waals surface area contributed by atoms with Crippen molar-refractivity contribution in [2.24, 2.45) is 22.0 Å². The number of carbonyl (C=O) groups is 2. The highest BCUT2D eigenvalue weighted by molar-refractivity contribution is 6.06. The molecule has 0 heterocycles. The number of primary amides is 1. The maximum absolute atomic E-state index is 11.7. The van der Waals surface area contributed by atoms with Crippen LogP contribution >= 0.6 is 0 Å². The summed E-state index contributed by atoms with van der Waals surface area (Å²) < 4.78 is 0. The Balaban J connectivity index is 4.52. The summed E-state index contributed by atoms with van der Waals surface area (Å²) in [7, 11) is 0. The van der Waals surface area contributed by atoms with Gasteiger partial charge in [0.25, 0.3) is 0 Å². The van der Waals surface area contributed by atoms with Gasteiger partial charge < -0.3 is 22.0 Å². The number of nitrogens with one attached hydrogen (secondary N) is 1. The molecule has 6 N–H and O–H groups in total.